The summed E-state index contributed by atoms with van der Waals surface area (Å²) in [5.41, 5.74) is 1.04. The van der Waals surface area contributed by atoms with Gasteiger partial charge in [-0.3, -0.25) is 24.2 Å². The predicted octanol–water partition coefficient (Wildman–Crippen LogP) is 5.92. The molecule has 9 nitrogen and oxygen atoms in total. The fraction of sp³-hybridized carbons (Fsp3) is 0.559. The third-order valence-corrected chi connectivity index (χ3v) is 7.98. The molecule has 2 aromatic rings. The van der Waals surface area contributed by atoms with Gasteiger partial charge in [-0.25, -0.2) is 0 Å². The molecule has 3 rings (SSSR count). The van der Waals surface area contributed by atoms with Crippen molar-refractivity contribution in [2.75, 3.05) is 30.9 Å². The standard InChI is InChI=1S/C33H45ClN4O5.CH2Cl2/c1-7-23-10-11-24-19-35-27(18-26(24)17-23)12-13-33(5,6)32(42)37-28(21(2)3)29(39)36-22(4)30(40)38-15-8-9-25(20-38)31(41)43-16-14-34;2-1-3/h10-13,17-19,21-22,25,28H,7-9,14-16,20H2,1-6H3,(H,36,39)(H,37,42);1H2/b13-12+;. The Labute approximate surface area is 287 Å². The number of nitrogens with zero attached hydrogens (tertiary/aromatic N) is 2. The van der Waals surface area contributed by atoms with Crippen molar-refractivity contribution in [3.8, 4) is 0 Å². The Balaban J connectivity index is 0.00000236. The second-order valence-corrected chi connectivity index (χ2v) is 13.4. The van der Waals surface area contributed by atoms with Gasteiger partial charge < -0.3 is 20.3 Å². The van der Waals surface area contributed by atoms with Crippen molar-refractivity contribution in [1.82, 2.24) is 20.5 Å². The molecule has 1 aliphatic heterocycles. The zero-order valence-electron chi connectivity index (χ0n) is 27.6. The summed E-state index contributed by atoms with van der Waals surface area (Å²) >= 11 is 15.1. The first-order valence-electron chi connectivity index (χ1n) is 15.6. The Morgan fingerprint density at radius 1 is 1.09 bits per heavy atom. The topological polar surface area (TPSA) is 118 Å². The largest absolute Gasteiger partial charge is 0.464 e. The third kappa shape index (κ3) is 11.7. The van der Waals surface area contributed by atoms with Crippen LogP contribution in [-0.4, -0.2) is 76.6 Å². The van der Waals surface area contributed by atoms with Gasteiger partial charge in [0.1, 0.15) is 18.7 Å². The van der Waals surface area contributed by atoms with Crippen molar-refractivity contribution in [3.63, 3.8) is 0 Å². The minimum Gasteiger partial charge on any atom is -0.464 e. The molecule has 1 aliphatic rings. The van der Waals surface area contributed by atoms with Gasteiger partial charge in [-0.15, -0.1) is 34.8 Å². The summed E-state index contributed by atoms with van der Waals surface area (Å²) in [6.07, 6.45) is 7.66. The number of hydrogen-bond acceptors (Lipinski definition) is 6. The zero-order chi connectivity index (χ0) is 34.4. The van der Waals surface area contributed by atoms with E-state index in [1.54, 1.807) is 31.7 Å². The van der Waals surface area contributed by atoms with Crippen LogP contribution in [0.1, 0.15) is 65.6 Å². The van der Waals surface area contributed by atoms with E-state index >= 15 is 0 Å². The summed E-state index contributed by atoms with van der Waals surface area (Å²) in [4.78, 5) is 58.2. The second-order valence-electron chi connectivity index (χ2n) is 12.2. The minimum absolute atomic E-state index is 0.131. The number of piperidine rings is 1. The maximum Gasteiger partial charge on any atom is 0.310 e. The molecule has 46 heavy (non-hydrogen) atoms. The average molecular weight is 698 g/mol. The van der Waals surface area contributed by atoms with Crippen LogP contribution in [0.5, 0.6) is 0 Å². The van der Waals surface area contributed by atoms with E-state index in [-0.39, 0.29) is 48.1 Å². The van der Waals surface area contributed by atoms with Crippen LogP contribution in [0.2, 0.25) is 0 Å². The van der Waals surface area contributed by atoms with Crippen LogP contribution < -0.4 is 10.6 Å². The van der Waals surface area contributed by atoms with E-state index < -0.39 is 29.3 Å². The van der Waals surface area contributed by atoms with Gasteiger partial charge in [0.15, 0.2) is 0 Å². The van der Waals surface area contributed by atoms with Gasteiger partial charge in [0.05, 0.1) is 28.2 Å². The Morgan fingerprint density at radius 3 is 2.41 bits per heavy atom. The number of pyridine rings is 1. The predicted molar refractivity (Wildman–Crippen MR) is 186 cm³/mol. The number of hydrogen-bond donors (Lipinski definition) is 2. The maximum absolute atomic E-state index is 13.4. The van der Waals surface area contributed by atoms with Crippen molar-refractivity contribution in [1.29, 1.82) is 0 Å². The first-order chi connectivity index (χ1) is 21.8. The van der Waals surface area contributed by atoms with Crippen LogP contribution in [-0.2, 0) is 30.3 Å². The zero-order valence-corrected chi connectivity index (χ0v) is 29.8. The number of halogens is 3. The molecule has 2 heterocycles. The van der Waals surface area contributed by atoms with E-state index in [4.69, 9.17) is 39.5 Å². The minimum atomic E-state index is -0.933. The van der Waals surface area contributed by atoms with E-state index in [1.807, 2.05) is 32.2 Å². The van der Waals surface area contributed by atoms with E-state index in [1.165, 1.54) is 5.56 Å². The number of rotatable bonds is 12. The van der Waals surface area contributed by atoms with Gasteiger partial charge in [-0.1, -0.05) is 45.0 Å². The number of alkyl halides is 3. The number of carbonyl (C=O) groups excluding carboxylic acids is 4. The molecule has 0 bridgehead atoms. The number of aryl methyl sites for hydroxylation is 1. The number of likely N-dealkylation sites (tertiary alicyclic amines) is 1. The van der Waals surface area contributed by atoms with Gasteiger partial charge in [0, 0.05) is 24.7 Å². The molecule has 1 fully saturated rings. The van der Waals surface area contributed by atoms with Crippen LogP contribution in [0.3, 0.4) is 0 Å². The smallest absolute Gasteiger partial charge is 0.310 e. The summed E-state index contributed by atoms with van der Waals surface area (Å²) in [5.74, 6) is -1.84. The van der Waals surface area contributed by atoms with Crippen LogP contribution in [0.4, 0.5) is 0 Å². The van der Waals surface area contributed by atoms with E-state index in [0.29, 0.717) is 19.4 Å². The summed E-state index contributed by atoms with van der Waals surface area (Å²) in [5, 5.41) is 7.99. The lowest BCUT2D eigenvalue weighted by Gasteiger charge is -2.34. The number of nitrogens with one attached hydrogen (secondary N) is 2. The lowest BCUT2D eigenvalue weighted by atomic mass is 9.90. The van der Waals surface area contributed by atoms with Gasteiger partial charge in [0.25, 0.3) is 0 Å². The maximum atomic E-state index is 13.4. The molecule has 2 N–H and O–H groups in total. The molecular weight excluding hydrogens is 651 g/mol. The van der Waals surface area contributed by atoms with Gasteiger partial charge >= 0.3 is 5.97 Å². The fourth-order valence-corrected chi connectivity index (χ4v) is 5.09. The highest BCUT2D eigenvalue weighted by molar-refractivity contribution is 6.40. The quantitative estimate of drug-likeness (QED) is 0.210. The molecule has 0 saturated carbocycles. The normalized spacial score (nSPS) is 16.4. The molecule has 1 saturated heterocycles. The molecule has 1 aromatic carbocycles. The van der Waals surface area contributed by atoms with Crippen molar-refractivity contribution in [2.45, 2.75) is 72.9 Å². The van der Waals surface area contributed by atoms with Crippen LogP contribution in [0.15, 0.2) is 36.5 Å². The number of amides is 3. The van der Waals surface area contributed by atoms with Crippen LogP contribution >= 0.6 is 34.8 Å². The lowest BCUT2D eigenvalue weighted by Crippen LogP contribution is -2.57. The first-order valence-corrected chi connectivity index (χ1v) is 17.2. The highest BCUT2D eigenvalue weighted by Gasteiger charge is 2.35. The molecular formula is C34H47Cl3N4O5. The monoisotopic (exact) mass is 696 g/mol. The molecule has 3 unspecified atom stereocenters. The Morgan fingerprint density at radius 2 is 1.78 bits per heavy atom. The number of carbonyl (C=O) groups is 4. The number of fused-ring (bicyclic) bond motifs is 1. The van der Waals surface area contributed by atoms with E-state index in [2.05, 4.69) is 40.7 Å². The molecule has 254 valence electrons. The molecule has 3 amide bonds. The number of esters is 1. The van der Waals surface area contributed by atoms with Crippen molar-refractivity contribution in [3.05, 3.63) is 47.8 Å². The lowest BCUT2D eigenvalue weighted by molar-refractivity contribution is -0.151. The molecule has 3 atom stereocenters. The van der Waals surface area contributed by atoms with E-state index in [9.17, 15) is 19.2 Å². The Bertz CT molecular complexity index is 1370. The van der Waals surface area contributed by atoms with Crippen molar-refractivity contribution in [2.24, 2.45) is 17.3 Å². The highest BCUT2D eigenvalue weighted by atomic mass is 35.5. The fourth-order valence-electron chi connectivity index (χ4n) is 5.02. The summed E-state index contributed by atoms with van der Waals surface area (Å²) in [6.45, 7) is 11.8. The summed E-state index contributed by atoms with van der Waals surface area (Å²) < 4.78 is 5.15. The SMILES string of the molecule is CCc1ccc2cnc(/C=C/C(C)(C)C(=O)NC(C(=O)NC(C)C(=O)N3CCCC(C(=O)OCCCl)C3)C(C)C)cc2c1.ClCCl. The second kappa shape index (κ2) is 19.1. The van der Waals surface area contributed by atoms with E-state index in [0.717, 1.165) is 22.9 Å². The van der Waals surface area contributed by atoms with Gasteiger partial charge in [-0.2, -0.15) is 0 Å². The van der Waals surface area contributed by atoms with Crippen molar-refractivity contribution < 1.29 is 23.9 Å². The van der Waals surface area contributed by atoms with Crippen LogP contribution in [0.25, 0.3) is 16.8 Å². The van der Waals surface area contributed by atoms with Crippen molar-refractivity contribution >= 4 is 75.3 Å². The summed E-state index contributed by atoms with van der Waals surface area (Å²) in [7, 11) is 0. The molecule has 0 radical (unpaired) electrons. The third-order valence-electron chi connectivity index (χ3n) is 7.82. The van der Waals surface area contributed by atoms with Crippen LogP contribution in [0, 0.1) is 17.3 Å². The molecule has 12 heteroatoms. The Kier molecular flexibility index (Phi) is 16.3. The Hall–Kier alpha value is -2.88. The molecule has 1 aromatic heterocycles. The number of ether oxygens (including phenoxy) is 1. The average Bonchev–Trinajstić information content (AvgIpc) is 3.04. The molecule has 0 spiro atoms. The summed E-state index contributed by atoms with van der Waals surface area (Å²) in [6, 6.07) is 6.61. The first kappa shape index (κ1) is 39.3. The number of aromatic nitrogens is 1. The number of benzene rings is 1. The van der Waals surface area contributed by atoms with Gasteiger partial charge in [0.2, 0.25) is 17.7 Å². The van der Waals surface area contributed by atoms with Gasteiger partial charge in [-0.05, 0) is 69.0 Å². The highest BCUT2D eigenvalue weighted by Crippen LogP contribution is 2.23. The molecule has 0 aliphatic carbocycles.